The number of likely N-dealkylation sites (N-methyl/N-ethyl adjacent to an activating group) is 1. The molecule has 1 aliphatic heterocycles. The first-order chi connectivity index (χ1) is 7.52. The van der Waals surface area contributed by atoms with Gasteiger partial charge in [-0.05, 0) is 5.92 Å². The molecular formula is C11H21N3O2. The minimum atomic E-state index is -0.393. The van der Waals surface area contributed by atoms with Crippen LogP contribution in [0.5, 0.6) is 0 Å². The molecule has 0 spiro atoms. The molecular weight excluding hydrogens is 206 g/mol. The average molecular weight is 227 g/mol. The van der Waals surface area contributed by atoms with Gasteiger partial charge in [0.25, 0.3) is 0 Å². The van der Waals surface area contributed by atoms with Crippen LogP contribution in [0.15, 0.2) is 0 Å². The van der Waals surface area contributed by atoms with Crippen molar-refractivity contribution in [1.82, 2.24) is 15.1 Å². The van der Waals surface area contributed by atoms with Crippen molar-refractivity contribution in [2.24, 2.45) is 5.92 Å². The number of piperazine rings is 1. The number of nitrogens with zero attached hydrogens (tertiary/aromatic N) is 2. The van der Waals surface area contributed by atoms with Crippen LogP contribution in [0, 0.1) is 5.92 Å². The molecule has 2 amide bonds. The minimum absolute atomic E-state index is 0.371. The van der Waals surface area contributed by atoms with Crippen LogP contribution >= 0.6 is 0 Å². The Morgan fingerprint density at radius 2 is 1.88 bits per heavy atom. The molecule has 5 heteroatoms. The van der Waals surface area contributed by atoms with Gasteiger partial charge in [-0.2, -0.15) is 0 Å². The Bertz CT molecular complexity index is 260. The van der Waals surface area contributed by atoms with E-state index in [1.807, 2.05) is 13.8 Å². The van der Waals surface area contributed by atoms with Gasteiger partial charge in [0.2, 0.25) is 0 Å². The fourth-order valence-electron chi connectivity index (χ4n) is 1.80. The molecule has 0 saturated carbocycles. The fraction of sp³-hybridized carbons (Fsp3) is 0.818. The zero-order valence-corrected chi connectivity index (χ0v) is 10.3. The molecule has 1 heterocycles. The predicted octanol–water partition coefficient (Wildman–Crippen LogP) is -0.467. The van der Waals surface area contributed by atoms with Crippen LogP contribution in [0.4, 0.5) is 0 Å². The monoisotopic (exact) mass is 227 g/mol. The SMILES string of the molecule is CC(C)CN(C)C(=O)C(=O)N1CCNCC1. The molecule has 1 fully saturated rings. The Morgan fingerprint density at radius 1 is 1.31 bits per heavy atom. The molecule has 1 saturated heterocycles. The second-order valence-corrected chi connectivity index (χ2v) is 4.62. The largest absolute Gasteiger partial charge is 0.337 e. The van der Waals surface area contributed by atoms with Crippen LogP contribution in [0.2, 0.25) is 0 Å². The smallest absolute Gasteiger partial charge is 0.312 e. The number of hydrogen-bond donors (Lipinski definition) is 1. The fourth-order valence-corrected chi connectivity index (χ4v) is 1.80. The highest BCUT2D eigenvalue weighted by molar-refractivity contribution is 6.34. The van der Waals surface area contributed by atoms with Crippen molar-refractivity contribution in [3.8, 4) is 0 Å². The van der Waals surface area contributed by atoms with Crippen molar-refractivity contribution in [3.05, 3.63) is 0 Å². The molecule has 0 unspecified atom stereocenters. The summed E-state index contributed by atoms with van der Waals surface area (Å²) in [6, 6.07) is 0. The molecule has 5 nitrogen and oxygen atoms in total. The molecule has 0 aromatic rings. The molecule has 0 aromatic carbocycles. The zero-order chi connectivity index (χ0) is 12.1. The summed E-state index contributed by atoms with van der Waals surface area (Å²) in [5, 5.41) is 3.15. The summed E-state index contributed by atoms with van der Waals surface area (Å²) in [5.41, 5.74) is 0. The molecule has 0 bridgehead atoms. The van der Waals surface area contributed by atoms with Crippen molar-refractivity contribution in [2.45, 2.75) is 13.8 Å². The van der Waals surface area contributed by atoms with Gasteiger partial charge < -0.3 is 15.1 Å². The Morgan fingerprint density at radius 3 is 2.38 bits per heavy atom. The van der Waals surface area contributed by atoms with Crippen LogP contribution in [-0.4, -0.2) is 61.4 Å². The Kier molecular flexibility index (Phi) is 4.73. The molecule has 0 atom stereocenters. The maximum absolute atomic E-state index is 11.8. The first kappa shape index (κ1) is 13.0. The second-order valence-electron chi connectivity index (χ2n) is 4.62. The van der Waals surface area contributed by atoms with Crippen LogP contribution in [0.25, 0.3) is 0 Å². The molecule has 16 heavy (non-hydrogen) atoms. The van der Waals surface area contributed by atoms with E-state index in [0.717, 1.165) is 13.1 Å². The Balaban J connectivity index is 2.48. The normalized spacial score (nSPS) is 16.4. The number of nitrogens with one attached hydrogen (secondary N) is 1. The van der Waals surface area contributed by atoms with Crippen molar-refractivity contribution >= 4 is 11.8 Å². The maximum Gasteiger partial charge on any atom is 0.312 e. The lowest BCUT2D eigenvalue weighted by Crippen LogP contribution is -2.51. The summed E-state index contributed by atoms with van der Waals surface area (Å²) in [5.74, 6) is -0.384. The van der Waals surface area contributed by atoms with E-state index in [2.05, 4.69) is 5.32 Å². The number of hydrogen-bond acceptors (Lipinski definition) is 3. The van der Waals surface area contributed by atoms with E-state index in [1.54, 1.807) is 11.9 Å². The molecule has 1 N–H and O–H groups in total. The lowest BCUT2D eigenvalue weighted by Gasteiger charge is -2.28. The van der Waals surface area contributed by atoms with Crippen LogP contribution in [0.3, 0.4) is 0 Å². The number of carbonyl (C=O) groups excluding carboxylic acids is 2. The van der Waals surface area contributed by atoms with Gasteiger partial charge >= 0.3 is 11.8 Å². The third-order valence-corrected chi connectivity index (χ3v) is 2.57. The highest BCUT2D eigenvalue weighted by atomic mass is 16.2. The van der Waals surface area contributed by atoms with Crippen molar-refractivity contribution in [2.75, 3.05) is 39.8 Å². The van der Waals surface area contributed by atoms with Crippen LogP contribution < -0.4 is 5.32 Å². The number of carbonyl (C=O) groups is 2. The van der Waals surface area contributed by atoms with Gasteiger partial charge in [0.15, 0.2) is 0 Å². The zero-order valence-electron chi connectivity index (χ0n) is 10.3. The predicted molar refractivity (Wildman–Crippen MR) is 61.9 cm³/mol. The van der Waals surface area contributed by atoms with Crippen molar-refractivity contribution < 1.29 is 9.59 Å². The minimum Gasteiger partial charge on any atom is -0.337 e. The van der Waals surface area contributed by atoms with E-state index >= 15 is 0 Å². The molecule has 0 aromatic heterocycles. The van der Waals surface area contributed by atoms with Gasteiger partial charge in [0.1, 0.15) is 0 Å². The van der Waals surface area contributed by atoms with Crippen molar-refractivity contribution in [3.63, 3.8) is 0 Å². The topological polar surface area (TPSA) is 52.7 Å². The first-order valence-corrected chi connectivity index (χ1v) is 5.77. The van der Waals surface area contributed by atoms with E-state index in [0.29, 0.717) is 25.6 Å². The standard InChI is InChI=1S/C11H21N3O2/c1-9(2)8-13(3)10(15)11(16)14-6-4-12-5-7-14/h9,12H,4-8H2,1-3H3. The summed E-state index contributed by atoms with van der Waals surface area (Å²) < 4.78 is 0. The third-order valence-electron chi connectivity index (χ3n) is 2.57. The van der Waals surface area contributed by atoms with E-state index in [4.69, 9.17) is 0 Å². The summed E-state index contributed by atoms with van der Waals surface area (Å²) in [7, 11) is 1.68. The number of rotatable bonds is 2. The lowest BCUT2D eigenvalue weighted by molar-refractivity contribution is -0.151. The molecule has 0 aliphatic carbocycles. The van der Waals surface area contributed by atoms with Gasteiger partial charge in [0.05, 0.1) is 0 Å². The summed E-state index contributed by atoms with van der Waals surface area (Å²) >= 11 is 0. The summed E-state index contributed by atoms with van der Waals surface area (Å²) in [6.07, 6.45) is 0. The highest BCUT2D eigenvalue weighted by Gasteiger charge is 2.26. The van der Waals surface area contributed by atoms with Crippen LogP contribution in [-0.2, 0) is 9.59 Å². The Hall–Kier alpha value is -1.10. The van der Waals surface area contributed by atoms with Crippen molar-refractivity contribution in [1.29, 1.82) is 0 Å². The average Bonchev–Trinajstić information content (AvgIpc) is 2.27. The van der Waals surface area contributed by atoms with E-state index in [9.17, 15) is 9.59 Å². The molecule has 92 valence electrons. The third kappa shape index (κ3) is 3.48. The second kappa shape index (κ2) is 5.84. The van der Waals surface area contributed by atoms with Gasteiger partial charge in [0, 0.05) is 39.8 Å². The van der Waals surface area contributed by atoms with Gasteiger partial charge in [-0.1, -0.05) is 13.8 Å². The molecule has 1 rings (SSSR count). The van der Waals surface area contributed by atoms with E-state index in [-0.39, 0.29) is 5.91 Å². The quantitative estimate of drug-likeness (QED) is 0.649. The van der Waals surface area contributed by atoms with Crippen LogP contribution in [0.1, 0.15) is 13.8 Å². The summed E-state index contributed by atoms with van der Waals surface area (Å²) in [6.45, 7) is 7.47. The van der Waals surface area contributed by atoms with E-state index < -0.39 is 5.91 Å². The molecule has 0 radical (unpaired) electrons. The van der Waals surface area contributed by atoms with Gasteiger partial charge in [-0.25, -0.2) is 0 Å². The van der Waals surface area contributed by atoms with Gasteiger partial charge in [-0.3, -0.25) is 9.59 Å². The Labute approximate surface area is 96.8 Å². The van der Waals surface area contributed by atoms with E-state index in [1.165, 1.54) is 4.90 Å². The summed E-state index contributed by atoms with van der Waals surface area (Å²) in [4.78, 5) is 26.7. The number of amides is 2. The maximum atomic E-state index is 11.8. The molecule has 1 aliphatic rings. The highest BCUT2D eigenvalue weighted by Crippen LogP contribution is 2.00. The lowest BCUT2D eigenvalue weighted by atomic mass is 10.2. The van der Waals surface area contributed by atoms with Gasteiger partial charge in [-0.15, -0.1) is 0 Å². The first-order valence-electron chi connectivity index (χ1n) is 5.77.